The number of carbonyl (C=O) groups excluding carboxylic acids is 1. The third-order valence-corrected chi connectivity index (χ3v) is 3.32. The van der Waals surface area contributed by atoms with E-state index < -0.39 is 0 Å². The van der Waals surface area contributed by atoms with Crippen LogP contribution in [0, 0.1) is 0 Å². The third-order valence-electron chi connectivity index (χ3n) is 3.32. The van der Waals surface area contributed by atoms with Crippen molar-refractivity contribution in [3.8, 4) is 0 Å². The summed E-state index contributed by atoms with van der Waals surface area (Å²) in [7, 11) is 0. The summed E-state index contributed by atoms with van der Waals surface area (Å²) < 4.78 is 5.77. The van der Waals surface area contributed by atoms with Crippen LogP contribution in [-0.2, 0) is 9.53 Å². The van der Waals surface area contributed by atoms with E-state index in [0.717, 1.165) is 31.8 Å². The number of rotatable bonds is 5. The molecule has 0 bridgehead atoms. The largest absolute Gasteiger partial charge is 0.373 e. The Morgan fingerprint density at radius 3 is 2.93 bits per heavy atom. The molecule has 1 aliphatic heterocycles. The Morgan fingerprint density at radius 2 is 2.36 bits per heavy atom. The van der Waals surface area contributed by atoms with Crippen molar-refractivity contribution in [2.75, 3.05) is 19.7 Å². The number of carbonyl (C=O) groups is 1. The average Bonchev–Trinajstić information content (AvgIpc) is 2.92. The third kappa shape index (κ3) is 1.98. The van der Waals surface area contributed by atoms with Crippen molar-refractivity contribution in [3.63, 3.8) is 0 Å². The van der Waals surface area contributed by atoms with Crippen LogP contribution in [0.2, 0.25) is 0 Å². The van der Waals surface area contributed by atoms with Gasteiger partial charge in [0.25, 0.3) is 0 Å². The van der Waals surface area contributed by atoms with Crippen molar-refractivity contribution in [2.45, 2.75) is 44.2 Å². The average molecular weight is 197 g/mol. The van der Waals surface area contributed by atoms with E-state index in [1.165, 1.54) is 12.8 Å². The quantitative estimate of drug-likeness (QED) is 0.621. The maximum absolute atomic E-state index is 10.6. The van der Waals surface area contributed by atoms with Crippen molar-refractivity contribution >= 4 is 6.29 Å². The molecular weight excluding hydrogens is 178 g/mol. The molecule has 0 aromatic carbocycles. The molecule has 1 saturated heterocycles. The maximum Gasteiger partial charge on any atom is 0.122 e. The van der Waals surface area contributed by atoms with E-state index in [0.29, 0.717) is 13.0 Å². The van der Waals surface area contributed by atoms with Gasteiger partial charge in [-0.15, -0.1) is 0 Å². The number of aldehydes is 1. The summed E-state index contributed by atoms with van der Waals surface area (Å²) in [5.41, 5.74) is -0.154. The second kappa shape index (κ2) is 3.99. The summed E-state index contributed by atoms with van der Waals surface area (Å²) in [4.78, 5) is 13.1. The molecule has 1 heterocycles. The summed E-state index contributed by atoms with van der Waals surface area (Å²) in [6.45, 7) is 4.79. The molecule has 1 atom stereocenters. The molecule has 14 heavy (non-hydrogen) atoms. The molecular formula is C11H19NO2. The van der Waals surface area contributed by atoms with Crippen molar-refractivity contribution in [1.29, 1.82) is 0 Å². The number of hydrogen-bond donors (Lipinski definition) is 0. The first-order valence-electron chi connectivity index (χ1n) is 5.61. The number of ether oxygens (including phenoxy) is 1. The predicted molar refractivity (Wildman–Crippen MR) is 54.3 cm³/mol. The van der Waals surface area contributed by atoms with Crippen LogP contribution in [0.5, 0.6) is 0 Å². The summed E-state index contributed by atoms with van der Waals surface area (Å²) >= 11 is 0. The minimum absolute atomic E-state index is 0.154. The Morgan fingerprint density at radius 1 is 1.57 bits per heavy atom. The fourth-order valence-electron chi connectivity index (χ4n) is 2.43. The normalized spacial score (nSPS) is 33.5. The topological polar surface area (TPSA) is 29.5 Å². The molecule has 1 aliphatic carbocycles. The summed E-state index contributed by atoms with van der Waals surface area (Å²) in [6.07, 6.45) is 5.26. The van der Waals surface area contributed by atoms with Crippen LogP contribution in [0.3, 0.4) is 0 Å². The first-order valence-corrected chi connectivity index (χ1v) is 5.61. The highest BCUT2D eigenvalue weighted by Crippen LogP contribution is 2.36. The fraction of sp³-hybridized carbons (Fsp3) is 0.909. The van der Waals surface area contributed by atoms with Gasteiger partial charge in [-0.05, 0) is 26.2 Å². The van der Waals surface area contributed by atoms with Gasteiger partial charge in [0.1, 0.15) is 6.29 Å². The first kappa shape index (κ1) is 10.1. The van der Waals surface area contributed by atoms with Crippen molar-refractivity contribution in [1.82, 2.24) is 4.90 Å². The van der Waals surface area contributed by atoms with Gasteiger partial charge in [0.2, 0.25) is 0 Å². The highest BCUT2D eigenvalue weighted by molar-refractivity contribution is 5.51. The molecule has 3 heteroatoms. The minimum Gasteiger partial charge on any atom is -0.373 e. The lowest BCUT2D eigenvalue weighted by Crippen LogP contribution is -2.37. The van der Waals surface area contributed by atoms with Crippen molar-refractivity contribution < 1.29 is 9.53 Å². The van der Waals surface area contributed by atoms with Gasteiger partial charge in [0, 0.05) is 32.2 Å². The molecule has 1 saturated carbocycles. The monoisotopic (exact) mass is 197 g/mol. The summed E-state index contributed by atoms with van der Waals surface area (Å²) in [6, 6.07) is 0.795. The lowest BCUT2D eigenvalue weighted by molar-refractivity contribution is -0.115. The van der Waals surface area contributed by atoms with Gasteiger partial charge in [0.05, 0.1) is 5.60 Å². The highest BCUT2D eigenvalue weighted by Gasteiger charge is 2.43. The fourth-order valence-corrected chi connectivity index (χ4v) is 2.43. The second-order valence-electron chi connectivity index (χ2n) is 4.44. The lowest BCUT2D eigenvalue weighted by Gasteiger charge is -2.27. The first-order chi connectivity index (χ1) is 6.79. The SMILES string of the molecule is CCOC1(CC=O)CCN(C2CC2)C1. The van der Waals surface area contributed by atoms with Gasteiger partial charge in [-0.3, -0.25) is 4.90 Å². The standard InChI is InChI=1S/C11H19NO2/c1-2-14-11(6-8-13)5-7-12(9-11)10-3-4-10/h8,10H,2-7,9H2,1H3. The van der Waals surface area contributed by atoms with Crippen LogP contribution in [-0.4, -0.2) is 42.5 Å². The highest BCUT2D eigenvalue weighted by atomic mass is 16.5. The number of hydrogen-bond acceptors (Lipinski definition) is 3. The summed E-state index contributed by atoms with van der Waals surface area (Å²) in [5.74, 6) is 0. The molecule has 3 nitrogen and oxygen atoms in total. The Bertz CT molecular complexity index is 215. The molecule has 0 amide bonds. The molecule has 0 radical (unpaired) electrons. The molecule has 0 aromatic rings. The molecule has 2 aliphatic rings. The lowest BCUT2D eigenvalue weighted by atomic mass is 9.99. The van der Waals surface area contributed by atoms with Crippen LogP contribution in [0.4, 0.5) is 0 Å². The van der Waals surface area contributed by atoms with Crippen LogP contribution in [0.1, 0.15) is 32.6 Å². The van der Waals surface area contributed by atoms with E-state index in [-0.39, 0.29) is 5.60 Å². The zero-order chi connectivity index (χ0) is 10.0. The Hall–Kier alpha value is -0.410. The van der Waals surface area contributed by atoms with E-state index in [2.05, 4.69) is 4.90 Å². The van der Waals surface area contributed by atoms with E-state index in [4.69, 9.17) is 4.74 Å². The van der Waals surface area contributed by atoms with E-state index in [9.17, 15) is 4.79 Å². The molecule has 0 spiro atoms. The molecule has 0 aromatic heterocycles. The zero-order valence-corrected chi connectivity index (χ0v) is 8.87. The number of likely N-dealkylation sites (tertiary alicyclic amines) is 1. The van der Waals surface area contributed by atoms with E-state index >= 15 is 0 Å². The van der Waals surface area contributed by atoms with Crippen molar-refractivity contribution in [3.05, 3.63) is 0 Å². The molecule has 80 valence electrons. The Balaban J connectivity index is 1.94. The van der Waals surface area contributed by atoms with Gasteiger partial charge in [-0.1, -0.05) is 0 Å². The molecule has 0 N–H and O–H groups in total. The van der Waals surface area contributed by atoms with Crippen LogP contribution < -0.4 is 0 Å². The number of nitrogens with zero attached hydrogens (tertiary/aromatic N) is 1. The van der Waals surface area contributed by atoms with Gasteiger partial charge in [-0.2, -0.15) is 0 Å². The van der Waals surface area contributed by atoms with E-state index in [1.807, 2.05) is 6.92 Å². The van der Waals surface area contributed by atoms with E-state index in [1.54, 1.807) is 0 Å². The van der Waals surface area contributed by atoms with Crippen LogP contribution in [0.15, 0.2) is 0 Å². The Labute approximate surface area is 85.4 Å². The van der Waals surface area contributed by atoms with Crippen LogP contribution in [0.25, 0.3) is 0 Å². The molecule has 1 unspecified atom stereocenters. The maximum atomic E-state index is 10.6. The van der Waals surface area contributed by atoms with Gasteiger partial charge < -0.3 is 9.53 Å². The van der Waals surface area contributed by atoms with Gasteiger partial charge >= 0.3 is 0 Å². The van der Waals surface area contributed by atoms with Gasteiger partial charge in [0.15, 0.2) is 0 Å². The Kier molecular flexibility index (Phi) is 2.88. The van der Waals surface area contributed by atoms with Gasteiger partial charge in [-0.25, -0.2) is 0 Å². The molecule has 2 fully saturated rings. The zero-order valence-electron chi connectivity index (χ0n) is 8.87. The van der Waals surface area contributed by atoms with Crippen LogP contribution >= 0.6 is 0 Å². The smallest absolute Gasteiger partial charge is 0.122 e. The van der Waals surface area contributed by atoms with Crippen molar-refractivity contribution in [2.24, 2.45) is 0 Å². The second-order valence-corrected chi connectivity index (χ2v) is 4.44. The predicted octanol–water partition coefficient (Wildman–Crippen LogP) is 1.22. The summed E-state index contributed by atoms with van der Waals surface area (Å²) in [5, 5.41) is 0. The minimum atomic E-state index is -0.154. The molecule has 2 rings (SSSR count).